The summed E-state index contributed by atoms with van der Waals surface area (Å²) in [5.41, 5.74) is 1.10. The minimum atomic E-state index is 0.0172. The molecule has 2 aliphatic rings. The highest BCUT2D eigenvalue weighted by molar-refractivity contribution is 5.84. The van der Waals surface area contributed by atoms with Gasteiger partial charge in [0.1, 0.15) is 5.75 Å². The van der Waals surface area contributed by atoms with Crippen molar-refractivity contribution in [2.45, 2.75) is 82.7 Å². The third kappa shape index (κ3) is 5.98. The van der Waals surface area contributed by atoms with E-state index in [1.165, 1.54) is 12.8 Å². The van der Waals surface area contributed by atoms with E-state index in [9.17, 15) is 14.7 Å². The van der Waals surface area contributed by atoms with E-state index in [-0.39, 0.29) is 23.6 Å². The molecule has 148 valence electrons. The number of hydrogen-bond donors (Lipinski definition) is 2. The van der Waals surface area contributed by atoms with Crippen LogP contribution in [0.3, 0.4) is 0 Å². The van der Waals surface area contributed by atoms with Gasteiger partial charge in [-0.15, -0.1) is 0 Å². The van der Waals surface area contributed by atoms with Crippen molar-refractivity contribution < 1.29 is 14.7 Å². The van der Waals surface area contributed by atoms with Crippen molar-refractivity contribution in [1.29, 1.82) is 0 Å². The van der Waals surface area contributed by atoms with E-state index in [2.05, 4.69) is 5.32 Å². The Balaban J connectivity index is 1.46. The van der Waals surface area contributed by atoms with E-state index >= 15 is 0 Å². The molecule has 1 heterocycles. The summed E-state index contributed by atoms with van der Waals surface area (Å²) in [6.45, 7) is 0.799. The van der Waals surface area contributed by atoms with Gasteiger partial charge in [0.2, 0.25) is 11.8 Å². The van der Waals surface area contributed by atoms with Gasteiger partial charge in [-0.25, -0.2) is 0 Å². The smallest absolute Gasteiger partial charge is 0.223 e. The van der Waals surface area contributed by atoms with E-state index in [0.29, 0.717) is 18.9 Å². The number of carbonyl (C=O) groups excluding carboxylic acids is 2. The second-order valence-corrected chi connectivity index (χ2v) is 7.99. The van der Waals surface area contributed by atoms with Gasteiger partial charge in [-0.2, -0.15) is 0 Å². The number of benzene rings is 1. The number of carbonyl (C=O) groups is 2. The molecule has 1 aliphatic heterocycles. The zero-order valence-electron chi connectivity index (χ0n) is 16.2. The molecule has 2 amide bonds. The number of aromatic hydroxyl groups is 1. The van der Waals surface area contributed by atoms with Gasteiger partial charge >= 0.3 is 0 Å². The molecule has 2 N–H and O–H groups in total. The van der Waals surface area contributed by atoms with Crippen molar-refractivity contribution in [3.05, 3.63) is 29.8 Å². The number of likely N-dealkylation sites (tertiary alicyclic amines) is 1. The van der Waals surface area contributed by atoms with Gasteiger partial charge in [0, 0.05) is 31.5 Å². The van der Waals surface area contributed by atoms with Crippen LogP contribution in [0.15, 0.2) is 24.3 Å². The number of hydrogen-bond acceptors (Lipinski definition) is 3. The normalized spacial score (nSPS) is 20.6. The van der Waals surface area contributed by atoms with Crippen LogP contribution in [0.4, 0.5) is 0 Å². The van der Waals surface area contributed by atoms with Gasteiger partial charge in [-0.3, -0.25) is 9.59 Å². The summed E-state index contributed by atoms with van der Waals surface area (Å²) >= 11 is 0. The Morgan fingerprint density at radius 2 is 1.85 bits per heavy atom. The maximum atomic E-state index is 12.7. The molecule has 5 heteroatoms. The zero-order valence-corrected chi connectivity index (χ0v) is 16.2. The summed E-state index contributed by atoms with van der Waals surface area (Å²) in [7, 11) is 0. The fraction of sp³-hybridized carbons (Fsp3) is 0.636. The van der Waals surface area contributed by atoms with Crippen molar-refractivity contribution in [3.8, 4) is 5.75 Å². The molecular formula is C22H32N2O3. The molecule has 0 bridgehead atoms. The summed E-state index contributed by atoms with van der Waals surface area (Å²) < 4.78 is 0. The Hall–Kier alpha value is -2.04. The van der Waals surface area contributed by atoms with Gasteiger partial charge < -0.3 is 15.3 Å². The minimum absolute atomic E-state index is 0.0172. The van der Waals surface area contributed by atoms with Crippen LogP contribution in [0.2, 0.25) is 0 Å². The van der Waals surface area contributed by atoms with Crippen molar-refractivity contribution in [2.24, 2.45) is 0 Å². The Labute approximate surface area is 162 Å². The van der Waals surface area contributed by atoms with Crippen LogP contribution in [-0.4, -0.2) is 40.4 Å². The minimum Gasteiger partial charge on any atom is -0.508 e. The highest BCUT2D eigenvalue weighted by Crippen LogP contribution is 2.23. The molecule has 0 spiro atoms. The van der Waals surface area contributed by atoms with Crippen LogP contribution in [0, 0.1) is 0 Å². The van der Waals surface area contributed by atoms with Gasteiger partial charge in [-0.1, -0.05) is 25.0 Å². The summed E-state index contributed by atoms with van der Waals surface area (Å²) in [5, 5.41) is 12.7. The Morgan fingerprint density at radius 3 is 2.63 bits per heavy atom. The standard InChI is InChI=1S/C22H32N2O3/c25-20-10-5-6-17(16-20)11-12-19-9-3-4-15-24(19)22(27)14-13-21(26)23-18-7-1-2-8-18/h5-6,10,16,18-19,25H,1-4,7-9,11-15H2,(H,23,26). The lowest BCUT2D eigenvalue weighted by Gasteiger charge is -2.36. The summed E-state index contributed by atoms with van der Waals surface area (Å²) in [4.78, 5) is 26.8. The molecule has 5 nitrogen and oxygen atoms in total. The van der Waals surface area contributed by atoms with Crippen molar-refractivity contribution in [1.82, 2.24) is 10.2 Å². The lowest BCUT2D eigenvalue weighted by atomic mass is 9.95. The van der Waals surface area contributed by atoms with Crippen molar-refractivity contribution >= 4 is 11.8 Å². The molecule has 1 aromatic rings. The molecular weight excluding hydrogens is 340 g/mol. The van der Waals surface area contributed by atoms with Crippen LogP contribution >= 0.6 is 0 Å². The number of nitrogens with zero attached hydrogens (tertiary/aromatic N) is 1. The SMILES string of the molecule is O=C(CCC(=O)N1CCCCC1CCc1cccc(O)c1)NC1CCCC1. The van der Waals surface area contributed by atoms with Crippen LogP contribution in [0.1, 0.15) is 69.8 Å². The number of nitrogens with one attached hydrogen (secondary N) is 1. The van der Waals surface area contributed by atoms with Crippen LogP contribution < -0.4 is 5.32 Å². The Kier molecular flexibility index (Phi) is 7.13. The molecule has 3 rings (SSSR count). The molecule has 0 aromatic heterocycles. The summed E-state index contributed by atoms with van der Waals surface area (Å²) in [6.07, 6.45) is 10.1. The zero-order chi connectivity index (χ0) is 19.1. The van der Waals surface area contributed by atoms with E-state index in [1.54, 1.807) is 12.1 Å². The second-order valence-electron chi connectivity index (χ2n) is 7.99. The van der Waals surface area contributed by atoms with E-state index in [0.717, 1.165) is 57.1 Å². The molecule has 1 atom stereocenters. The second kappa shape index (κ2) is 9.77. The third-order valence-corrected chi connectivity index (χ3v) is 5.91. The average Bonchev–Trinajstić information content (AvgIpc) is 3.18. The van der Waals surface area contributed by atoms with Gasteiger partial charge in [0.25, 0.3) is 0 Å². The van der Waals surface area contributed by atoms with Crippen LogP contribution in [0.5, 0.6) is 5.75 Å². The van der Waals surface area contributed by atoms with E-state index < -0.39 is 0 Å². The van der Waals surface area contributed by atoms with Gasteiger partial charge in [0.15, 0.2) is 0 Å². The lowest BCUT2D eigenvalue weighted by Crippen LogP contribution is -2.44. The van der Waals surface area contributed by atoms with Crippen molar-refractivity contribution in [3.63, 3.8) is 0 Å². The fourth-order valence-electron chi connectivity index (χ4n) is 4.41. The number of phenols is 1. The molecule has 27 heavy (non-hydrogen) atoms. The number of amides is 2. The van der Waals surface area contributed by atoms with Gasteiger partial charge in [-0.05, 0) is 62.6 Å². The topological polar surface area (TPSA) is 69.6 Å². The van der Waals surface area contributed by atoms with Gasteiger partial charge in [0.05, 0.1) is 0 Å². The fourth-order valence-corrected chi connectivity index (χ4v) is 4.41. The number of piperidine rings is 1. The summed E-state index contributed by atoms with van der Waals surface area (Å²) in [5.74, 6) is 0.415. The first kappa shape index (κ1) is 19.7. The average molecular weight is 373 g/mol. The van der Waals surface area contributed by atoms with E-state index in [1.807, 2.05) is 17.0 Å². The molecule has 1 unspecified atom stereocenters. The predicted octanol–water partition coefficient (Wildman–Crippen LogP) is 3.54. The molecule has 1 aromatic carbocycles. The first-order valence-corrected chi connectivity index (χ1v) is 10.5. The van der Waals surface area contributed by atoms with E-state index in [4.69, 9.17) is 0 Å². The highest BCUT2D eigenvalue weighted by atomic mass is 16.3. The first-order valence-electron chi connectivity index (χ1n) is 10.5. The first-order chi connectivity index (χ1) is 13.1. The monoisotopic (exact) mass is 372 g/mol. The number of rotatable bonds is 7. The highest BCUT2D eigenvalue weighted by Gasteiger charge is 2.27. The number of phenolic OH excluding ortho intramolecular Hbond substituents is 1. The molecule has 1 aliphatic carbocycles. The van der Waals surface area contributed by atoms with Crippen LogP contribution in [0.25, 0.3) is 0 Å². The quantitative estimate of drug-likeness (QED) is 0.769. The maximum Gasteiger partial charge on any atom is 0.223 e. The molecule has 0 radical (unpaired) electrons. The molecule has 1 saturated carbocycles. The van der Waals surface area contributed by atoms with Crippen molar-refractivity contribution in [2.75, 3.05) is 6.54 Å². The summed E-state index contributed by atoms with van der Waals surface area (Å²) in [6, 6.07) is 7.90. The Bertz CT molecular complexity index is 640. The molecule has 1 saturated heterocycles. The maximum absolute atomic E-state index is 12.7. The molecule has 2 fully saturated rings. The van der Waals surface area contributed by atoms with Crippen LogP contribution in [-0.2, 0) is 16.0 Å². The predicted molar refractivity (Wildman–Crippen MR) is 105 cm³/mol. The Morgan fingerprint density at radius 1 is 1.07 bits per heavy atom. The lowest BCUT2D eigenvalue weighted by molar-refractivity contribution is -0.137. The number of aryl methyl sites for hydroxylation is 1. The third-order valence-electron chi connectivity index (χ3n) is 5.91. The largest absolute Gasteiger partial charge is 0.508 e.